The molecule has 0 fully saturated rings. The van der Waals surface area contributed by atoms with Crippen molar-refractivity contribution in [3.63, 3.8) is 0 Å². The van der Waals surface area contributed by atoms with Gasteiger partial charge in [-0.05, 0) is 43.3 Å². The van der Waals surface area contributed by atoms with Crippen LogP contribution >= 0.6 is 11.8 Å². The maximum atomic E-state index is 14.6. The summed E-state index contributed by atoms with van der Waals surface area (Å²) >= 11 is 1.23. The standard InChI is InChI=1S/C24H21F4N5O2S/c1-11-19(36-12-4-7-17(29)13(8-12)21(26)30)9-18(32(11)2)22(34)31-10-14-16(25)6-5-15-20(14)33(3)23(35)24(15,27)28/h4-9,30H,10,29H2,1-3H3,(H,31,34). The lowest BCUT2D eigenvalue weighted by atomic mass is 10.0. The van der Waals surface area contributed by atoms with E-state index in [0.29, 0.717) is 20.4 Å². The molecule has 0 saturated heterocycles. The first-order valence-corrected chi connectivity index (χ1v) is 11.4. The number of aromatic nitrogens is 1. The lowest BCUT2D eigenvalue weighted by Gasteiger charge is -2.16. The molecule has 2 amide bonds. The van der Waals surface area contributed by atoms with E-state index < -0.39 is 41.6 Å². The van der Waals surface area contributed by atoms with Gasteiger partial charge in [-0.3, -0.25) is 15.0 Å². The van der Waals surface area contributed by atoms with Crippen LogP contribution < -0.4 is 16.0 Å². The third-order valence-corrected chi connectivity index (χ3v) is 7.23. The zero-order valence-electron chi connectivity index (χ0n) is 19.4. The minimum absolute atomic E-state index is 0.0435. The zero-order chi connectivity index (χ0) is 26.5. The molecule has 1 aromatic heterocycles. The number of nitrogens with zero attached hydrogens (tertiary/aromatic N) is 2. The molecule has 7 nitrogen and oxygen atoms in total. The molecule has 1 aliphatic rings. The van der Waals surface area contributed by atoms with Crippen LogP contribution in [0.3, 0.4) is 0 Å². The van der Waals surface area contributed by atoms with E-state index in [-0.39, 0.29) is 28.2 Å². The number of carbonyl (C=O) groups is 2. The molecule has 0 aliphatic carbocycles. The zero-order valence-corrected chi connectivity index (χ0v) is 20.2. The summed E-state index contributed by atoms with van der Waals surface area (Å²) in [6.07, 6.45) is 0. The Morgan fingerprint density at radius 2 is 1.89 bits per heavy atom. The van der Waals surface area contributed by atoms with Gasteiger partial charge in [-0.25, -0.2) is 4.39 Å². The van der Waals surface area contributed by atoms with Crippen molar-refractivity contribution in [2.45, 2.75) is 29.2 Å². The fourth-order valence-corrected chi connectivity index (χ4v) is 5.03. The number of carbonyl (C=O) groups excluding carboxylic acids is 2. The Morgan fingerprint density at radius 3 is 2.56 bits per heavy atom. The SMILES string of the molecule is Cc1c(Sc2ccc(N)c(C(=N)F)c2)cc(C(=O)NCc2c(F)ccc3c2N(C)C(=O)C3(F)F)n1C. The summed E-state index contributed by atoms with van der Waals surface area (Å²) in [4.78, 5) is 26.8. The summed E-state index contributed by atoms with van der Waals surface area (Å²) < 4.78 is 58.2. The highest BCUT2D eigenvalue weighted by Crippen LogP contribution is 2.45. The van der Waals surface area contributed by atoms with Crippen molar-refractivity contribution in [3.8, 4) is 0 Å². The molecular formula is C24H21F4N5O2S. The van der Waals surface area contributed by atoms with E-state index in [4.69, 9.17) is 11.1 Å². The molecule has 3 aromatic rings. The van der Waals surface area contributed by atoms with E-state index in [1.165, 1.54) is 23.9 Å². The summed E-state index contributed by atoms with van der Waals surface area (Å²) in [5.41, 5.74) is 5.60. The predicted molar refractivity (Wildman–Crippen MR) is 128 cm³/mol. The number of likely N-dealkylation sites (N-methyl/N-ethyl adjacent to an activating group) is 1. The van der Waals surface area contributed by atoms with Gasteiger partial charge in [-0.15, -0.1) is 0 Å². The second kappa shape index (κ2) is 9.01. The largest absolute Gasteiger partial charge is 0.398 e. The van der Waals surface area contributed by atoms with Gasteiger partial charge in [0.1, 0.15) is 11.5 Å². The van der Waals surface area contributed by atoms with Gasteiger partial charge in [0.2, 0.25) is 5.97 Å². The Hall–Kier alpha value is -3.80. The Morgan fingerprint density at radius 1 is 1.19 bits per heavy atom. The molecule has 2 heterocycles. The number of amides is 2. The number of nitrogens with two attached hydrogens (primary N) is 1. The minimum Gasteiger partial charge on any atom is -0.398 e. The second-order valence-electron chi connectivity index (χ2n) is 8.25. The van der Waals surface area contributed by atoms with E-state index in [1.807, 2.05) is 0 Å². The van der Waals surface area contributed by atoms with Gasteiger partial charge in [-0.2, -0.15) is 13.2 Å². The minimum atomic E-state index is -3.78. The van der Waals surface area contributed by atoms with Crippen molar-refractivity contribution in [3.05, 3.63) is 70.3 Å². The highest BCUT2D eigenvalue weighted by Gasteiger charge is 2.52. The first kappa shape index (κ1) is 25.3. The molecule has 0 saturated carbocycles. The van der Waals surface area contributed by atoms with Crippen LogP contribution in [0.4, 0.5) is 28.9 Å². The van der Waals surface area contributed by atoms with Crippen molar-refractivity contribution in [1.29, 1.82) is 5.41 Å². The van der Waals surface area contributed by atoms with Gasteiger partial charge in [-0.1, -0.05) is 11.8 Å². The normalized spacial score (nSPS) is 14.2. The molecule has 188 valence electrons. The number of hydrogen-bond donors (Lipinski definition) is 3. The van der Waals surface area contributed by atoms with Crippen molar-refractivity contribution in [2.75, 3.05) is 17.7 Å². The number of halogens is 4. The van der Waals surface area contributed by atoms with Crippen LogP contribution in [0.2, 0.25) is 0 Å². The smallest absolute Gasteiger partial charge is 0.352 e. The van der Waals surface area contributed by atoms with Crippen LogP contribution in [0, 0.1) is 18.2 Å². The van der Waals surface area contributed by atoms with E-state index in [2.05, 4.69) is 5.32 Å². The molecule has 12 heteroatoms. The summed E-state index contributed by atoms with van der Waals surface area (Å²) in [6, 6.07) is 7.87. The molecule has 0 unspecified atom stereocenters. The lowest BCUT2D eigenvalue weighted by molar-refractivity contribution is -0.141. The summed E-state index contributed by atoms with van der Waals surface area (Å²) in [5.74, 6) is -7.83. The molecule has 0 spiro atoms. The average molecular weight is 520 g/mol. The van der Waals surface area contributed by atoms with E-state index in [1.54, 1.807) is 30.7 Å². The predicted octanol–water partition coefficient (Wildman–Crippen LogP) is 4.50. The van der Waals surface area contributed by atoms with E-state index in [0.717, 1.165) is 19.2 Å². The van der Waals surface area contributed by atoms with Crippen molar-refractivity contribution >= 4 is 40.9 Å². The second-order valence-corrected chi connectivity index (χ2v) is 9.36. The molecule has 0 radical (unpaired) electrons. The van der Waals surface area contributed by atoms with Crippen LogP contribution in [0.5, 0.6) is 0 Å². The first-order valence-electron chi connectivity index (χ1n) is 10.6. The van der Waals surface area contributed by atoms with Crippen molar-refractivity contribution < 1.29 is 27.2 Å². The Bertz CT molecular complexity index is 1440. The highest BCUT2D eigenvalue weighted by atomic mass is 32.2. The monoisotopic (exact) mass is 519 g/mol. The lowest BCUT2D eigenvalue weighted by Crippen LogP contribution is -2.32. The number of rotatable bonds is 6. The third kappa shape index (κ3) is 4.11. The number of hydrogen-bond acceptors (Lipinski definition) is 5. The summed E-state index contributed by atoms with van der Waals surface area (Å²) in [5, 5.41) is 9.75. The van der Waals surface area contributed by atoms with Gasteiger partial charge in [0.05, 0.1) is 16.8 Å². The average Bonchev–Trinajstić information content (AvgIpc) is 3.19. The molecule has 0 atom stereocenters. The van der Waals surface area contributed by atoms with Crippen LogP contribution in [-0.2, 0) is 24.3 Å². The quantitative estimate of drug-likeness (QED) is 0.253. The van der Waals surface area contributed by atoms with Gasteiger partial charge >= 0.3 is 11.8 Å². The maximum absolute atomic E-state index is 14.6. The van der Waals surface area contributed by atoms with Crippen molar-refractivity contribution in [2.24, 2.45) is 7.05 Å². The molecule has 36 heavy (non-hydrogen) atoms. The number of alkyl halides is 2. The first-order chi connectivity index (χ1) is 16.8. The number of nitrogens with one attached hydrogen (secondary N) is 2. The number of fused-ring (bicyclic) bond motifs is 1. The van der Waals surface area contributed by atoms with Gasteiger partial charge in [0.25, 0.3) is 5.91 Å². The van der Waals surface area contributed by atoms with Crippen LogP contribution in [0.1, 0.15) is 32.9 Å². The Balaban J connectivity index is 1.58. The maximum Gasteiger partial charge on any atom is 0.352 e. The topological polar surface area (TPSA) is 104 Å². The molecule has 1 aliphatic heterocycles. The summed E-state index contributed by atoms with van der Waals surface area (Å²) in [7, 11) is 2.78. The molecule has 4 rings (SSSR count). The molecule has 4 N–H and O–H groups in total. The Labute approximate surface area is 207 Å². The van der Waals surface area contributed by atoms with Crippen LogP contribution in [0.15, 0.2) is 46.2 Å². The van der Waals surface area contributed by atoms with Gasteiger partial charge in [0.15, 0.2) is 0 Å². The number of benzene rings is 2. The van der Waals surface area contributed by atoms with E-state index in [9.17, 15) is 27.2 Å². The fourth-order valence-electron chi connectivity index (χ4n) is 4.01. The van der Waals surface area contributed by atoms with E-state index >= 15 is 0 Å². The van der Waals surface area contributed by atoms with Gasteiger partial charge in [0, 0.05) is 47.4 Å². The summed E-state index contributed by atoms with van der Waals surface area (Å²) in [6.45, 7) is 1.34. The molecular weight excluding hydrogens is 498 g/mol. The van der Waals surface area contributed by atoms with Crippen LogP contribution in [0.25, 0.3) is 0 Å². The fraction of sp³-hybridized carbons (Fsp3) is 0.208. The third-order valence-electron chi connectivity index (χ3n) is 6.11. The van der Waals surface area contributed by atoms with Crippen molar-refractivity contribution in [1.82, 2.24) is 9.88 Å². The van der Waals surface area contributed by atoms with Gasteiger partial charge < -0.3 is 20.5 Å². The number of anilines is 2. The van der Waals surface area contributed by atoms with Crippen LogP contribution in [-0.4, -0.2) is 29.4 Å². The molecule has 2 aromatic carbocycles. The molecule has 0 bridgehead atoms. The number of nitrogen functional groups attached to an aromatic ring is 1. The highest BCUT2D eigenvalue weighted by molar-refractivity contribution is 7.99. The Kier molecular flexibility index (Phi) is 6.33.